The Labute approximate surface area is 147 Å². The molecule has 2 rings (SSSR count). The number of hydrogen-bond donors (Lipinski definition) is 3. The molecule has 0 unspecified atom stereocenters. The summed E-state index contributed by atoms with van der Waals surface area (Å²) in [5.41, 5.74) is 2.97. The van der Waals surface area contributed by atoms with Gasteiger partial charge < -0.3 is 15.7 Å². The maximum Gasteiger partial charge on any atom is 0.272 e. The zero-order valence-corrected chi connectivity index (χ0v) is 15.0. The molecular weight excluding hydrogens is 320 g/mol. The molecule has 0 radical (unpaired) electrons. The van der Waals surface area contributed by atoms with Gasteiger partial charge in [0.2, 0.25) is 0 Å². The number of aliphatic hydroxyl groups is 1. The summed E-state index contributed by atoms with van der Waals surface area (Å²) in [6, 6.07) is 1.45. The van der Waals surface area contributed by atoms with Crippen LogP contribution in [-0.2, 0) is 6.54 Å². The lowest BCUT2D eigenvalue weighted by molar-refractivity contribution is 0.0931. The molecule has 2 amide bonds. The molecule has 1 atom stereocenters. The number of aliphatic hydroxyl groups excluding tert-OH is 1. The Bertz CT molecular complexity index is 699. The molecular formula is C18H26N4O3. The van der Waals surface area contributed by atoms with Crippen molar-refractivity contribution in [3.8, 4) is 0 Å². The van der Waals surface area contributed by atoms with E-state index < -0.39 is 6.10 Å². The van der Waals surface area contributed by atoms with Gasteiger partial charge in [0.1, 0.15) is 5.69 Å². The SMILES string of the molecule is CC(C)=CCC/C(C)=C/CNC(=O)c1cc2n(n1)C[C@@H](O)CNC2=O. The lowest BCUT2D eigenvalue weighted by Gasteiger charge is -2.06. The van der Waals surface area contributed by atoms with Crippen molar-refractivity contribution in [2.75, 3.05) is 13.1 Å². The molecule has 7 nitrogen and oxygen atoms in total. The van der Waals surface area contributed by atoms with Crippen LogP contribution in [-0.4, -0.2) is 45.9 Å². The van der Waals surface area contributed by atoms with Crippen molar-refractivity contribution in [1.29, 1.82) is 0 Å². The van der Waals surface area contributed by atoms with Gasteiger partial charge in [0.05, 0.1) is 12.6 Å². The second-order valence-corrected chi connectivity index (χ2v) is 6.54. The van der Waals surface area contributed by atoms with Gasteiger partial charge in [0.15, 0.2) is 5.69 Å². The van der Waals surface area contributed by atoms with E-state index in [-0.39, 0.29) is 36.3 Å². The fraction of sp³-hybridized carbons (Fsp3) is 0.500. The fourth-order valence-electron chi connectivity index (χ4n) is 2.51. The Kier molecular flexibility index (Phi) is 6.52. The first kappa shape index (κ1) is 18.9. The van der Waals surface area contributed by atoms with E-state index in [1.54, 1.807) is 0 Å². The molecule has 2 heterocycles. The van der Waals surface area contributed by atoms with E-state index in [0.717, 1.165) is 12.8 Å². The van der Waals surface area contributed by atoms with E-state index in [1.165, 1.54) is 21.9 Å². The summed E-state index contributed by atoms with van der Waals surface area (Å²) in [7, 11) is 0. The molecule has 136 valence electrons. The largest absolute Gasteiger partial charge is 0.389 e. The monoisotopic (exact) mass is 346 g/mol. The second kappa shape index (κ2) is 8.62. The predicted octanol–water partition coefficient (Wildman–Crippen LogP) is 1.41. The van der Waals surface area contributed by atoms with E-state index in [9.17, 15) is 14.7 Å². The normalized spacial score (nSPS) is 17.4. The Morgan fingerprint density at radius 3 is 2.92 bits per heavy atom. The number of carbonyl (C=O) groups is 2. The highest BCUT2D eigenvalue weighted by atomic mass is 16.3. The quantitative estimate of drug-likeness (QED) is 0.679. The van der Waals surface area contributed by atoms with Crippen molar-refractivity contribution >= 4 is 11.8 Å². The maximum atomic E-state index is 12.2. The second-order valence-electron chi connectivity index (χ2n) is 6.54. The summed E-state index contributed by atoms with van der Waals surface area (Å²) >= 11 is 0. The summed E-state index contributed by atoms with van der Waals surface area (Å²) < 4.78 is 1.38. The molecule has 0 saturated heterocycles. The number of rotatable bonds is 6. The van der Waals surface area contributed by atoms with Crippen LogP contribution in [0.5, 0.6) is 0 Å². The maximum absolute atomic E-state index is 12.2. The van der Waals surface area contributed by atoms with Gasteiger partial charge >= 0.3 is 0 Å². The Balaban J connectivity index is 1.91. The standard InChI is InChI=1S/C18H26N4O3/c1-12(2)5-4-6-13(3)7-8-19-17(24)15-9-16-18(25)20-10-14(23)11-22(16)21-15/h5,7,9,14,23H,4,6,8,10-11H2,1-3H3,(H,19,24)(H,20,25)/b13-7+/t14-/m0/s1. The van der Waals surface area contributed by atoms with Crippen LogP contribution in [0.15, 0.2) is 29.4 Å². The molecule has 0 spiro atoms. The number of allylic oxidation sites excluding steroid dienone is 3. The van der Waals surface area contributed by atoms with Crippen LogP contribution in [0.1, 0.15) is 54.6 Å². The topological polar surface area (TPSA) is 96.2 Å². The summed E-state index contributed by atoms with van der Waals surface area (Å²) in [6.07, 6.45) is 5.40. The van der Waals surface area contributed by atoms with Crippen LogP contribution in [0.4, 0.5) is 0 Å². The zero-order valence-electron chi connectivity index (χ0n) is 15.0. The van der Waals surface area contributed by atoms with E-state index >= 15 is 0 Å². The molecule has 1 aromatic rings. The van der Waals surface area contributed by atoms with Crippen molar-refractivity contribution in [1.82, 2.24) is 20.4 Å². The third kappa shape index (κ3) is 5.56. The summed E-state index contributed by atoms with van der Waals surface area (Å²) in [5.74, 6) is -0.672. The third-order valence-corrected chi connectivity index (χ3v) is 3.93. The van der Waals surface area contributed by atoms with Crippen LogP contribution in [0.2, 0.25) is 0 Å². The highest BCUT2D eigenvalue weighted by molar-refractivity contribution is 5.98. The van der Waals surface area contributed by atoms with E-state index in [0.29, 0.717) is 6.54 Å². The number of β-amino-alcohol motifs (C(OH)–C–C–N with tert-alkyl or cyclic N) is 1. The van der Waals surface area contributed by atoms with Crippen molar-refractivity contribution in [2.24, 2.45) is 0 Å². The smallest absolute Gasteiger partial charge is 0.272 e. The Morgan fingerprint density at radius 2 is 2.20 bits per heavy atom. The highest BCUT2D eigenvalue weighted by Gasteiger charge is 2.23. The number of nitrogens with zero attached hydrogens (tertiary/aromatic N) is 2. The fourth-order valence-corrected chi connectivity index (χ4v) is 2.51. The molecule has 1 aliphatic rings. The van der Waals surface area contributed by atoms with Crippen LogP contribution >= 0.6 is 0 Å². The summed E-state index contributed by atoms with van der Waals surface area (Å²) in [6.45, 7) is 6.97. The van der Waals surface area contributed by atoms with Gasteiger partial charge in [-0.15, -0.1) is 0 Å². The van der Waals surface area contributed by atoms with Crippen molar-refractivity contribution in [2.45, 2.75) is 46.3 Å². The minimum absolute atomic E-state index is 0.176. The molecule has 0 bridgehead atoms. The predicted molar refractivity (Wildman–Crippen MR) is 95.3 cm³/mol. The summed E-state index contributed by atoms with van der Waals surface area (Å²) in [5, 5.41) is 19.2. The number of hydrogen-bond acceptors (Lipinski definition) is 4. The van der Waals surface area contributed by atoms with Crippen molar-refractivity contribution in [3.63, 3.8) is 0 Å². The third-order valence-electron chi connectivity index (χ3n) is 3.93. The molecule has 3 N–H and O–H groups in total. The van der Waals surface area contributed by atoms with Crippen LogP contribution in [0, 0.1) is 0 Å². The Morgan fingerprint density at radius 1 is 1.44 bits per heavy atom. The van der Waals surface area contributed by atoms with Gasteiger partial charge in [-0.05, 0) is 33.6 Å². The molecule has 1 aliphatic heterocycles. The zero-order chi connectivity index (χ0) is 18.4. The highest BCUT2D eigenvalue weighted by Crippen LogP contribution is 2.09. The summed E-state index contributed by atoms with van der Waals surface area (Å²) in [4.78, 5) is 24.1. The number of aromatic nitrogens is 2. The van der Waals surface area contributed by atoms with Crippen LogP contribution < -0.4 is 10.6 Å². The number of amides is 2. The molecule has 0 fully saturated rings. The first-order valence-electron chi connectivity index (χ1n) is 8.48. The minimum Gasteiger partial charge on any atom is -0.389 e. The van der Waals surface area contributed by atoms with Gasteiger partial charge in [-0.3, -0.25) is 14.3 Å². The molecule has 25 heavy (non-hydrogen) atoms. The molecule has 7 heteroatoms. The first-order valence-corrected chi connectivity index (χ1v) is 8.48. The van der Waals surface area contributed by atoms with Gasteiger partial charge in [-0.1, -0.05) is 23.3 Å². The van der Waals surface area contributed by atoms with E-state index in [4.69, 9.17) is 0 Å². The molecule has 1 aromatic heterocycles. The van der Waals surface area contributed by atoms with Crippen molar-refractivity contribution in [3.05, 3.63) is 40.8 Å². The van der Waals surface area contributed by atoms with E-state index in [1.807, 2.05) is 13.0 Å². The molecule has 0 aliphatic carbocycles. The molecule has 0 saturated carbocycles. The van der Waals surface area contributed by atoms with Crippen molar-refractivity contribution < 1.29 is 14.7 Å². The van der Waals surface area contributed by atoms with Gasteiger partial charge in [-0.25, -0.2) is 0 Å². The first-order chi connectivity index (χ1) is 11.9. The average molecular weight is 346 g/mol. The minimum atomic E-state index is -0.715. The Hall–Kier alpha value is -2.41. The van der Waals surface area contributed by atoms with E-state index in [2.05, 4.69) is 35.7 Å². The average Bonchev–Trinajstić information content (AvgIpc) is 2.90. The number of carbonyl (C=O) groups excluding carboxylic acids is 2. The van der Waals surface area contributed by atoms with Gasteiger partial charge in [-0.2, -0.15) is 5.10 Å². The lowest BCUT2D eigenvalue weighted by Crippen LogP contribution is -2.30. The van der Waals surface area contributed by atoms with Gasteiger partial charge in [0, 0.05) is 19.2 Å². The lowest BCUT2D eigenvalue weighted by atomic mass is 10.1. The number of nitrogens with one attached hydrogen (secondary N) is 2. The van der Waals surface area contributed by atoms with Gasteiger partial charge in [0.25, 0.3) is 11.8 Å². The van der Waals surface area contributed by atoms with Crippen LogP contribution in [0.25, 0.3) is 0 Å². The molecule has 0 aromatic carbocycles. The number of fused-ring (bicyclic) bond motifs is 1. The van der Waals surface area contributed by atoms with Crippen LogP contribution in [0.3, 0.4) is 0 Å².